The molecule has 18 heavy (non-hydrogen) atoms. The molecule has 0 bridgehead atoms. The van der Waals surface area contributed by atoms with Crippen LogP contribution < -0.4 is 11.3 Å². The van der Waals surface area contributed by atoms with Crippen molar-refractivity contribution in [3.05, 3.63) is 21.4 Å². The number of rotatable bonds is 4. The zero-order chi connectivity index (χ0) is 13.1. The van der Waals surface area contributed by atoms with Gasteiger partial charge < -0.3 is 5.11 Å². The Hall–Kier alpha value is -0.950. The fraction of sp³-hybridized carbons (Fsp3) is 0.583. The van der Waals surface area contributed by atoms with Crippen LogP contribution in [0.5, 0.6) is 0 Å². The number of aliphatic hydroxyl groups is 1. The monoisotopic (exact) mass is 269 g/mol. The largest absolute Gasteiger partial charge is 0.395 e. The second-order valence-electron chi connectivity index (χ2n) is 4.61. The third kappa shape index (κ3) is 2.72. The highest BCUT2D eigenvalue weighted by molar-refractivity contribution is 7.14. The van der Waals surface area contributed by atoms with Crippen LogP contribution in [0, 0.1) is 6.92 Å². The van der Waals surface area contributed by atoms with Crippen molar-refractivity contribution in [2.24, 2.45) is 5.84 Å². The summed E-state index contributed by atoms with van der Waals surface area (Å²) in [6, 6.07) is 2.16. The Bertz CT molecular complexity index is 433. The van der Waals surface area contributed by atoms with E-state index in [4.69, 9.17) is 5.84 Å². The molecule has 1 atom stereocenters. The predicted molar refractivity (Wildman–Crippen MR) is 71.2 cm³/mol. The Labute approximate surface area is 111 Å². The molecule has 1 fully saturated rings. The Morgan fingerprint density at radius 2 is 2.50 bits per heavy atom. The molecule has 5 nitrogen and oxygen atoms in total. The van der Waals surface area contributed by atoms with E-state index in [1.165, 1.54) is 11.3 Å². The quantitative estimate of drug-likeness (QED) is 0.425. The van der Waals surface area contributed by atoms with Crippen LogP contribution in [0.3, 0.4) is 0 Å². The summed E-state index contributed by atoms with van der Waals surface area (Å²) in [7, 11) is 0. The zero-order valence-corrected chi connectivity index (χ0v) is 11.3. The molecule has 1 unspecified atom stereocenters. The highest BCUT2D eigenvalue weighted by Crippen LogP contribution is 2.26. The summed E-state index contributed by atoms with van der Waals surface area (Å²) in [5.74, 6) is 4.89. The van der Waals surface area contributed by atoms with Gasteiger partial charge in [-0.3, -0.25) is 15.1 Å². The van der Waals surface area contributed by atoms with Gasteiger partial charge in [0.05, 0.1) is 11.5 Å². The number of hydrazine groups is 1. The molecule has 100 valence electrons. The van der Waals surface area contributed by atoms with E-state index in [0.29, 0.717) is 4.88 Å². The second kappa shape index (κ2) is 5.79. The predicted octanol–water partition coefficient (Wildman–Crippen LogP) is 0.617. The van der Waals surface area contributed by atoms with Gasteiger partial charge >= 0.3 is 0 Å². The molecule has 0 aromatic carbocycles. The molecule has 4 N–H and O–H groups in total. The van der Waals surface area contributed by atoms with Crippen molar-refractivity contribution in [2.45, 2.75) is 32.4 Å². The van der Waals surface area contributed by atoms with E-state index in [0.717, 1.165) is 36.4 Å². The smallest absolute Gasteiger partial charge is 0.275 e. The topological polar surface area (TPSA) is 78.6 Å². The maximum absolute atomic E-state index is 11.5. The SMILES string of the molecule is Cc1sc(C(=O)NN)cc1CN1CCCC1CO. The second-order valence-corrected chi connectivity index (χ2v) is 5.87. The van der Waals surface area contributed by atoms with Crippen LogP contribution in [-0.4, -0.2) is 35.1 Å². The molecule has 0 spiro atoms. The molecule has 1 aliphatic rings. The average molecular weight is 269 g/mol. The third-order valence-electron chi connectivity index (χ3n) is 3.46. The fourth-order valence-corrected chi connectivity index (χ4v) is 3.33. The van der Waals surface area contributed by atoms with Crippen molar-refractivity contribution in [3.8, 4) is 0 Å². The van der Waals surface area contributed by atoms with E-state index in [1.54, 1.807) is 0 Å². The first-order valence-corrected chi connectivity index (χ1v) is 6.92. The molecular formula is C12H19N3O2S. The lowest BCUT2D eigenvalue weighted by Gasteiger charge is -2.22. The number of nitrogens with two attached hydrogens (primary N) is 1. The standard InChI is InChI=1S/C12H19N3O2S/c1-8-9(5-11(18-8)12(17)14-13)6-15-4-2-3-10(15)7-16/h5,10,16H,2-4,6-7,13H2,1H3,(H,14,17). The maximum Gasteiger partial charge on any atom is 0.275 e. The van der Waals surface area contributed by atoms with Gasteiger partial charge in [0, 0.05) is 17.5 Å². The van der Waals surface area contributed by atoms with E-state index in [-0.39, 0.29) is 18.6 Å². The molecule has 6 heteroatoms. The van der Waals surface area contributed by atoms with Gasteiger partial charge in [-0.1, -0.05) is 0 Å². The first kappa shape index (κ1) is 13.5. The van der Waals surface area contributed by atoms with Crippen molar-refractivity contribution in [2.75, 3.05) is 13.2 Å². The van der Waals surface area contributed by atoms with E-state index in [2.05, 4.69) is 10.3 Å². The lowest BCUT2D eigenvalue weighted by atomic mass is 10.2. The number of thiophene rings is 1. The van der Waals surface area contributed by atoms with Gasteiger partial charge in [0.1, 0.15) is 0 Å². The molecule has 2 heterocycles. The highest BCUT2D eigenvalue weighted by atomic mass is 32.1. The molecule has 0 radical (unpaired) electrons. The fourth-order valence-electron chi connectivity index (χ4n) is 2.39. The van der Waals surface area contributed by atoms with Gasteiger partial charge in [-0.05, 0) is 37.9 Å². The maximum atomic E-state index is 11.5. The number of carbonyl (C=O) groups is 1. The number of hydrogen-bond donors (Lipinski definition) is 3. The van der Waals surface area contributed by atoms with Gasteiger partial charge in [-0.15, -0.1) is 11.3 Å². The zero-order valence-electron chi connectivity index (χ0n) is 10.5. The van der Waals surface area contributed by atoms with Crippen molar-refractivity contribution < 1.29 is 9.90 Å². The van der Waals surface area contributed by atoms with Crippen LogP contribution in [0.1, 0.15) is 33.0 Å². The minimum Gasteiger partial charge on any atom is -0.395 e. The summed E-state index contributed by atoms with van der Waals surface area (Å²) in [4.78, 5) is 15.5. The van der Waals surface area contributed by atoms with Crippen molar-refractivity contribution in [1.29, 1.82) is 0 Å². The molecule has 2 rings (SSSR count). The van der Waals surface area contributed by atoms with Crippen molar-refractivity contribution >= 4 is 17.2 Å². The molecule has 1 saturated heterocycles. The Balaban J connectivity index is 2.09. The lowest BCUT2D eigenvalue weighted by molar-refractivity contribution is 0.0957. The van der Waals surface area contributed by atoms with Crippen LogP contribution in [-0.2, 0) is 6.54 Å². The molecule has 1 aromatic rings. The number of nitrogen functional groups attached to an aromatic ring is 1. The average Bonchev–Trinajstić information content (AvgIpc) is 2.96. The van der Waals surface area contributed by atoms with Crippen LogP contribution in [0.4, 0.5) is 0 Å². The van der Waals surface area contributed by atoms with E-state index < -0.39 is 0 Å². The molecule has 1 aromatic heterocycles. The number of amides is 1. The van der Waals surface area contributed by atoms with Crippen LogP contribution >= 0.6 is 11.3 Å². The van der Waals surface area contributed by atoms with Crippen molar-refractivity contribution in [1.82, 2.24) is 10.3 Å². The number of aliphatic hydroxyl groups excluding tert-OH is 1. The molecular weight excluding hydrogens is 250 g/mol. The van der Waals surface area contributed by atoms with Gasteiger partial charge in [-0.2, -0.15) is 0 Å². The Morgan fingerprint density at radius 1 is 1.72 bits per heavy atom. The van der Waals surface area contributed by atoms with Gasteiger partial charge in [0.15, 0.2) is 0 Å². The summed E-state index contributed by atoms with van der Waals surface area (Å²) < 4.78 is 0. The van der Waals surface area contributed by atoms with E-state index >= 15 is 0 Å². The van der Waals surface area contributed by atoms with Crippen LogP contribution in [0.2, 0.25) is 0 Å². The van der Waals surface area contributed by atoms with Crippen molar-refractivity contribution in [3.63, 3.8) is 0 Å². The number of nitrogens with one attached hydrogen (secondary N) is 1. The first-order chi connectivity index (χ1) is 8.65. The number of carbonyl (C=O) groups excluding carboxylic acids is 1. The van der Waals surface area contributed by atoms with Gasteiger partial charge in [-0.25, -0.2) is 5.84 Å². The minimum atomic E-state index is -0.241. The summed E-state index contributed by atoms with van der Waals surface area (Å²) in [5, 5.41) is 9.30. The highest BCUT2D eigenvalue weighted by Gasteiger charge is 2.24. The molecule has 0 aliphatic carbocycles. The third-order valence-corrected chi connectivity index (χ3v) is 4.55. The van der Waals surface area contributed by atoms with Crippen LogP contribution in [0.25, 0.3) is 0 Å². The number of likely N-dealkylation sites (tertiary alicyclic amines) is 1. The number of nitrogens with zero attached hydrogens (tertiary/aromatic N) is 1. The normalized spacial score (nSPS) is 20.3. The summed E-state index contributed by atoms with van der Waals surface area (Å²) in [5.41, 5.74) is 3.31. The summed E-state index contributed by atoms with van der Waals surface area (Å²) in [6.07, 6.45) is 2.18. The summed E-state index contributed by atoms with van der Waals surface area (Å²) in [6.45, 7) is 4.03. The Morgan fingerprint density at radius 3 is 3.17 bits per heavy atom. The van der Waals surface area contributed by atoms with E-state index in [1.807, 2.05) is 13.0 Å². The number of hydrogen-bond acceptors (Lipinski definition) is 5. The molecule has 0 saturated carbocycles. The summed E-state index contributed by atoms with van der Waals surface area (Å²) >= 11 is 1.46. The lowest BCUT2D eigenvalue weighted by Crippen LogP contribution is -2.31. The van der Waals surface area contributed by atoms with Crippen LogP contribution in [0.15, 0.2) is 6.07 Å². The van der Waals surface area contributed by atoms with Gasteiger partial charge in [0.2, 0.25) is 0 Å². The molecule has 1 amide bonds. The first-order valence-electron chi connectivity index (χ1n) is 6.11. The minimum absolute atomic E-state index is 0.208. The Kier molecular flexibility index (Phi) is 4.34. The van der Waals surface area contributed by atoms with E-state index in [9.17, 15) is 9.90 Å². The molecule has 1 aliphatic heterocycles. The number of aryl methyl sites for hydroxylation is 1. The van der Waals surface area contributed by atoms with Gasteiger partial charge in [0.25, 0.3) is 5.91 Å².